The number of rotatable bonds is 1. The van der Waals surface area contributed by atoms with E-state index in [-0.39, 0.29) is 0 Å². The molecule has 0 saturated heterocycles. The molecule has 0 spiro atoms. The monoisotopic (exact) mass is 165 g/mol. The van der Waals surface area contributed by atoms with Gasteiger partial charge in [-0.15, -0.1) is 0 Å². The van der Waals surface area contributed by atoms with E-state index in [0.29, 0.717) is 5.16 Å². The lowest BCUT2D eigenvalue weighted by Gasteiger charge is -2.16. The summed E-state index contributed by atoms with van der Waals surface area (Å²) in [5.74, 6) is 0. The van der Waals surface area contributed by atoms with E-state index in [9.17, 15) is 0 Å². The molecule has 0 N–H and O–H groups in total. The van der Waals surface area contributed by atoms with Crippen molar-refractivity contribution in [3.05, 3.63) is 30.3 Å². The summed E-state index contributed by atoms with van der Waals surface area (Å²) in [6.07, 6.45) is 0. The van der Waals surface area contributed by atoms with Crippen LogP contribution in [0.25, 0.3) is 0 Å². The van der Waals surface area contributed by atoms with Crippen molar-refractivity contribution in [3.8, 4) is 0 Å². The molecule has 11 heavy (non-hydrogen) atoms. The molecular weight excluding hydrogens is 151 g/mol. The summed E-state index contributed by atoms with van der Waals surface area (Å²) in [5.41, 5.74) is 0. The van der Waals surface area contributed by atoms with Crippen LogP contribution in [0, 0.1) is 0 Å². The third kappa shape index (κ3) is 3.53. The predicted molar refractivity (Wildman–Crippen MR) is 52.7 cm³/mol. The first-order valence-electron chi connectivity index (χ1n) is 3.86. The highest BCUT2D eigenvalue weighted by molar-refractivity contribution is 7.48. The van der Waals surface area contributed by atoms with Crippen LogP contribution in [0.5, 0.6) is 0 Å². The second kappa shape index (κ2) is 3.36. The molecule has 0 aliphatic heterocycles. The van der Waals surface area contributed by atoms with Gasteiger partial charge in [-0.1, -0.05) is 51.1 Å². The molecule has 0 aliphatic carbocycles. The Hall–Kier alpha value is -0.350. The molecule has 0 nitrogen and oxygen atoms in total. The Balaban J connectivity index is 2.66. The average Bonchev–Trinajstić information content (AvgIpc) is 1.85. The van der Waals surface area contributed by atoms with Crippen LogP contribution in [0.2, 0.25) is 0 Å². The number of benzene rings is 1. The van der Waals surface area contributed by atoms with Gasteiger partial charge in [-0.05, 0) is 19.0 Å². The summed E-state index contributed by atoms with van der Waals surface area (Å²) in [7, 11) is 1.41. The molecule has 0 fully saturated rings. The summed E-state index contributed by atoms with van der Waals surface area (Å²) in [5, 5.41) is 1.78. The molecule has 0 heterocycles. The van der Waals surface area contributed by atoms with Crippen LogP contribution in [0.4, 0.5) is 0 Å². The van der Waals surface area contributed by atoms with Gasteiger partial charge in [0.05, 0.1) is 0 Å². The average molecular weight is 165 g/mol. The van der Waals surface area contributed by atoms with E-state index < -0.39 is 0 Å². The van der Waals surface area contributed by atoms with Crippen molar-refractivity contribution < 1.29 is 0 Å². The fourth-order valence-electron chi connectivity index (χ4n) is 0.890. The van der Waals surface area contributed by atoms with Crippen molar-refractivity contribution in [3.63, 3.8) is 0 Å². The van der Waals surface area contributed by atoms with Crippen molar-refractivity contribution >= 4 is 13.9 Å². The molecule has 0 bridgehead atoms. The normalized spacial score (nSPS) is 12.6. The zero-order valence-electron chi connectivity index (χ0n) is 7.33. The van der Waals surface area contributed by atoms with Crippen LogP contribution in [-0.2, 0) is 0 Å². The number of hydrogen-bond donors (Lipinski definition) is 0. The van der Waals surface area contributed by atoms with Gasteiger partial charge in [0, 0.05) is 0 Å². The molecule has 1 radical (unpaired) electrons. The standard InChI is InChI=1S/C10H14P/c1-10(2,3)11-9-7-5-4-6-8-9/h4-8H,1-3H3. The van der Waals surface area contributed by atoms with Crippen LogP contribution in [-0.4, -0.2) is 5.16 Å². The molecule has 0 atom stereocenters. The smallest absolute Gasteiger partial charge is 0.00976 e. The fraction of sp³-hybridized carbons (Fsp3) is 0.400. The molecule has 1 rings (SSSR count). The van der Waals surface area contributed by atoms with Gasteiger partial charge in [0.2, 0.25) is 0 Å². The third-order valence-corrected chi connectivity index (χ3v) is 2.45. The van der Waals surface area contributed by atoms with Crippen molar-refractivity contribution in [2.45, 2.75) is 25.9 Å². The highest BCUT2D eigenvalue weighted by atomic mass is 31.1. The predicted octanol–water partition coefficient (Wildman–Crippen LogP) is 3.06. The third-order valence-electron chi connectivity index (χ3n) is 1.22. The van der Waals surface area contributed by atoms with Gasteiger partial charge in [-0.25, -0.2) is 0 Å². The first-order chi connectivity index (χ1) is 5.08. The Morgan fingerprint density at radius 3 is 2.00 bits per heavy atom. The van der Waals surface area contributed by atoms with E-state index in [4.69, 9.17) is 0 Å². The minimum atomic E-state index is 0.376. The number of hydrogen-bond acceptors (Lipinski definition) is 0. The summed E-state index contributed by atoms with van der Waals surface area (Å²) in [6.45, 7) is 6.75. The SMILES string of the molecule is CC(C)(C)[P]c1ccccc1. The van der Waals surface area contributed by atoms with Crippen molar-refractivity contribution in [2.24, 2.45) is 0 Å². The van der Waals surface area contributed by atoms with Crippen LogP contribution >= 0.6 is 8.58 Å². The van der Waals surface area contributed by atoms with E-state index in [2.05, 4.69) is 51.1 Å². The van der Waals surface area contributed by atoms with E-state index >= 15 is 0 Å². The summed E-state index contributed by atoms with van der Waals surface area (Å²) >= 11 is 0. The minimum Gasteiger partial charge on any atom is -0.0622 e. The van der Waals surface area contributed by atoms with E-state index in [1.807, 2.05) is 0 Å². The second-order valence-electron chi connectivity index (χ2n) is 3.62. The molecule has 1 aromatic carbocycles. The first-order valence-corrected chi connectivity index (χ1v) is 4.75. The molecule has 1 heteroatoms. The lowest BCUT2D eigenvalue weighted by Crippen LogP contribution is -2.10. The largest absolute Gasteiger partial charge is 0.0622 e. The van der Waals surface area contributed by atoms with E-state index in [1.54, 1.807) is 0 Å². The lowest BCUT2D eigenvalue weighted by atomic mass is 10.3. The molecule has 0 aliphatic rings. The molecule has 59 valence electrons. The van der Waals surface area contributed by atoms with Gasteiger partial charge in [-0.3, -0.25) is 0 Å². The Morgan fingerprint density at radius 1 is 1.00 bits per heavy atom. The lowest BCUT2D eigenvalue weighted by molar-refractivity contribution is 0.799. The highest BCUT2D eigenvalue weighted by Crippen LogP contribution is 2.28. The zero-order valence-corrected chi connectivity index (χ0v) is 8.23. The summed E-state index contributed by atoms with van der Waals surface area (Å²) in [6, 6.07) is 10.6. The van der Waals surface area contributed by atoms with Crippen molar-refractivity contribution in [2.75, 3.05) is 0 Å². The van der Waals surface area contributed by atoms with Crippen molar-refractivity contribution in [1.82, 2.24) is 0 Å². The maximum atomic E-state index is 2.25. The van der Waals surface area contributed by atoms with Gasteiger partial charge in [0.25, 0.3) is 0 Å². The van der Waals surface area contributed by atoms with Gasteiger partial charge in [0.1, 0.15) is 0 Å². The molecular formula is C10H14P. The Labute approximate surface area is 70.8 Å². The quantitative estimate of drug-likeness (QED) is 0.561. The maximum Gasteiger partial charge on any atom is -0.00976 e. The fourth-order valence-corrected chi connectivity index (χ4v) is 1.99. The molecule has 0 saturated carbocycles. The summed E-state index contributed by atoms with van der Waals surface area (Å²) < 4.78 is 0. The van der Waals surface area contributed by atoms with E-state index in [1.165, 1.54) is 13.9 Å². The van der Waals surface area contributed by atoms with Crippen molar-refractivity contribution in [1.29, 1.82) is 0 Å². The molecule has 0 aromatic heterocycles. The highest BCUT2D eigenvalue weighted by Gasteiger charge is 2.10. The van der Waals surface area contributed by atoms with Crippen LogP contribution in [0.1, 0.15) is 20.8 Å². The first kappa shape index (κ1) is 8.74. The molecule has 0 unspecified atom stereocenters. The Morgan fingerprint density at radius 2 is 1.55 bits per heavy atom. The Bertz CT molecular complexity index is 208. The second-order valence-corrected chi connectivity index (χ2v) is 5.70. The molecule has 0 amide bonds. The minimum absolute atomic E-state index is 0.376. The van der Waals surface area contributed by atoms with Crippen LogP contribution < -0.4 is 5.30 Å². The van der Waals surface area contributed by atoms with E-state index in [0.717, 1.165) is 0 Å². The maximum absolute atomic E-state index is 2.25. The topological polar surface area (TPSA) is 0 Å². The summed E-state index contributed by atoms with van der Waals surface area (Å²) in [4.78, 5) is 0. The van der Waals surface area contributed by atoms with Gasteiger partial charge >= 0.3 is 0 Å². The van der Waals surface area contributed by atoms with Gasteiger partial charge in [0.15, 0.2) is 0 Å². The Kier molecular flexibility index (Phi) is 2.67. The zero-order chi connectivity index (χ0) is 8.32. The van der Waals surface area contributed by atoms with Crippen LogP contribution in [0.15, 0.2) is 30.3 Å². The van der Waals surface area contributed by atoms with Gasteiger partial charge in [-0.2, -0.15) is 0 Å². The van der Waals surface area contributed by atoms with Crippen LogP contribution in [0.3, 0.4) is 0 Å². The van der Waals surface area contributed by atoms with Gasteiger partial charge < -0.3 is 0 Å². The molecule has 1 aromatic rings.